The van der Waals surface area contributed by atoms with Gasteiger partial charge in [-0.15, -0.1) is 0 Å². The van der Waals surface area contributed by atoms with Crippen LogP contribution in [0.4, 0.5) is 14.5 Å². The molecule has 0 radical (unpaired) electrons. The lowest BCUT2D eigenvalue weighted by Gasteiger charge is -2.27. The molecule has 106 valence electrons. The third-order valence-electron chi connectivity index (χ3n) is 2.72. The summed E-state index contributed by atoms with van der Waals surface area (Å²) in [6.45, 7) is 2.64. The van der Waals surface area contributed by atoms with Crippen molar-refractivity contribution in [3.63, 3.8) is 0 Å². The molecule has 1 aromatic rings. The topological polar surface area (TPSA) is 58.6 Å². The fraction of sp³-hybridized carbons (Fsp3) is 0.455. The van der Waals surface area contributed by atoms with Gasteiger partial charge in [0.15, 0.2) is 0 Å². The van der Waals surface area contributed by atoms with Gasteiger partial charge in [-0.2, -0.15) is 8.78 Å². The Bertz CT molecular complexity index is 513. The average Bonchev–Trinajstić information content (AvgIpc) is 2.40. The summed E-state index contributed by atoms with van der Waals surface area (Å²) in [5, 5.41) is 1.92. The highest BCUT2D eigenvalue weighted by Gasteiger charge is 2.26. The normalized spacial score (nSPS) is 17.6. The Balaban J connectivity index is 2.06. The molecule has 0 atom stereocenters. The van der Waals surface area contributed by atoms with E-state index < -0.39 is 15.6 Å². The third kappa shape index (κ3) is 3.40. The predicted octanol–water partition coefficient (Wildman–Crippen LogP) is 1.34. The van der Waals surface area contributed by atoms with Gasteiger partial charge in [-0.25, -0.2) is 13.4 Å². The average molecular weight is 292 g/mol. The summed E-state index contributed by atoms with van der Waals surface area (Å²) in [5.41, 5.74) is 3.71. The van der Waals surface area contributed by atoms with Crippen molar-refractivity contribution in [1.29, 1.82) is 0 Å². The fourth-order valence-corrected chi connectivity index (χ4v) is 2.40. The van der Waals surface area contributed by atoms with E-state index in [1.54, 1.807) is 0 Å². The lowest BCUT2D eigenvalue weighted by Crippen LogP contribution is -2.40. The first-order chi connectivity index (χ1) is 9.00. The van der Waals surface area contributed by atoms with E-state index in [1.807, 2.05) is 5.01 Å². The van der Waals surface area contributed by atoms with Crippen LogP contribution in [-0.4, -0.2) is 45.5 Å². The zero-order valence-corrected chi connectivity index (χ0v) is 10.9. The molecule has 5 nitrogen and oxygen atoms in total. The second-order valence-electron chi connectivity index (χ2n) is 4.04. The first-order valence-corrected chi connectivity index (χ1v) is 7.26. The van der Waals surface area contributed by atoms with Gasteiger partial charge in [-0.05, 0) is 24.3 Å². The van der Waals surface area contributed by atoms with Gasteiger partial charge in [0.1, 0.15) is 0 Å². The molecule has 1 fully saturated rings. The molecule has 0 amide bonds. The summed E-state index contributed by atoms with van der Waals surface area (Å²) in [6.07, 6.45) is 0. The van der Waals surface area contributed by atoms with Gasteiger partial charge < -0.3 is 10.2 Å². The van der Waals surface area contributed by atoms with Gasteiger partial charge in [-0.1, -0.05) is 0 Å². The first-order valence-electron chi connectivity index (χ1n) is 5.71. The zero-order valence-electron chi connectivity index (χ0n) is 10.1. The molecule has 0 saturated carbocycles. The van der Waals surface area contributed by atoms with Gasteiger partial charge in [0.2, 0.25) is 9.84 Å². The first kappa shape index (κ1) is 14.2. The molecule has 19 heavy (non-hydrogen) atoms. The van der Waals surface area contributed by atoms with Crippen LogP contribution in [0, 0.1) is 0 Å². The van der Waals surface area contributed by atoms with Gasteiger partial charge in [0.05, 0.1) is 18.1 Å². The monoisotopic (exact) mass is 292 g/mol. The molecule has 0 aromatic heterocycles. The molecule has 0 unspecified atom stereocenters. The highest BCUT2D eigenvalue weighted by Crippen LogP contribution is 2.20. The number of nitrogens with one attached hydrogen (secondary N) is 1. The number of halogens is 2. The Morgan fingerprint density at radius 1 is 1.16 bits per heavy atom. The maximum Gasteiger partial charge on any atom is 0.341 e. The van der Waals surface area contributed by atoms with E-state index in [2.05, 4.69) is 5.43 Å². The number of rotatable bonds is 4. The van der Waals surface area contributed by atoms with Crippen LogP contribution < -0.4 is 5.43 Å². The molecule has 1 heterocycles. The van der Waals surface area contributed by atoms with Crippen LogP contribution in [-0.2, 0) is 14.6 Å². The molecule has 2 rings (SSSR count). The third-order valence-corrected chi connectivity index (χ3v) is 4.11. The van der Waals surface area contributed by atoms with Gasteiger partial charge in [0, 0.05) is 18.8 Å². The molecular formula is C11H14F2N2O3S. The van der Waals surface area contributed by atoms with Crippen molar-refractivity contribution in [2.24, 2.45) is 0 Å². The second kappa shape index (κ2) is 5.81. The van der Waals surface area contributed by atoms with Crippen LogP contribution in [0.5, 0.6) is 0 Å². The van der Waals surface area contributed by atoms with E-state index >= 15 is 0 Å². The Kier molecular flexibility index (Phi) is 4.33. The summed E-state index contributed by atoms with van der Waals surface area (Å²) >= 11 is 0. The van der Waals surface area contributed by atoms with E-state index in [0.717, 1.165) is 0 Å². The minimum absolute atomic E-state index is 0.380. The Hall–Kier alpha value is -1.25. The molecule has 1 aromatic carbocycles. The van der Waals surface area contributed by atoms with Crippen molar-refractivity contribution in [2.45, 2.75) is 10.7 Å². The number of benzene rings is 1. The van der Waals surface area contributed by atoms with Crippen LogP contribution in [0.1, 0.15) is 0 Å². The number of hydrogen-bond donors (Lipinski definition) is 1. The standard InChI is InChI=1S/C11H14F2N2O3S/c12-11(13)19(16,17)10-3-1-9(2-4-10)14-15-5-7-18-8-6-15/h1-4,11,14H,5-8H2. The summed E-state index contributed by atoms with van der Waals surface area (Å²) < 4.78 is 52.3. The summed E-state index contributed by atoms with van der Waals surface area (Å²) in [7, 11) is -4.52. The van der Waals surface area contributed by atoms with Crippen LogP contribution in [0.25, 0.3) is 0 Å². The van der Waals surface area contributed by atoms with Crippen LogP contribution in [0.15, 0.2) is 29.2 Å². The number of morpholine rings is 1. The van der Waals surface area contributed by atoms with E-state index in [9.17, 15) is 17.2 Å². The summed E-state index contributed by atoms with van der Waals surface area (Å²) in [6, 6.07) is 5.27. The maximum atomic E-state index is 12.3. The van der Waals surface area contributed by atoms with Gasteiger partial charge >= 0.3 is 5.76 Å². The second-order valence-corrected chi connectivity index (χ2v) is 5.96. The highest BCUT2D eigenvalue weighted by molar-refractivity contribution is 7.91. The van der Waals surface area contributed by atoms with Crippen molar-refractivity contribution < 1.29 is 21.9 Å². The van der Waals surface area contributed by atoms with Crippen molar-refractivity contribution in [2.75, 3.05) is 31.7 Å². The number of anilines is 1. The number of alkyl halides is 2. The molecule has 1 saturated heterocycles. The number of hydrogen-bond acceptors (Lipinski definition) is 5. The number of hydrazine groups is 1. The molecule has 1 aliphatic rings. The summed E-state index contributed by atoms with van der Waals surface area (Å²) in [4.78, 5) is -0.380. The van der Waals surface area contributed by atoms with Crippen molar-refractivity contribution in [1.82, 2.24) is 5.01 Å². The molecule has 1 N–H and O–H groups in total. The maximum absolute atomic E-state index is 12.3. The van der Waals surface area contributed by atoms with Gasteiger partial charge in [-0.3, -0.25) is 0 Å². The van der Waals surface area contributed by atoms with Crippen molar-refractivity contribution >= 4 is 15.5 Å². The van der Waals surface area contributed by atoms with Gasteiger partial charge in [0.25, 0.3) is 0 Å². The molecule has 0 bridgehead atoms. The van der Waals surface area contributed by atoms with E-state index in [1.165, 1.54) is 24.3 Å². The van der Waals surface area contributed by atoms with Crippen LogP contribution in [0.2, 0.25) is 0 Å². The highest BCUT2D eigenvalue weighted by atomic mass is 32.2. The molecule has 8 heteroatoms. The number of nitrogens with zero attached hydrogens (tertiary/aromatic N) is 1. The molecule has 0 spiro atoms. The lowest BCUT2D eigenvalue weighted by atomic mass is 10.3. The zero-order chi connectivity index (χ0) is 13.9. The van der Waals surface area contributed by atoms with Crippen LogP contribution in [0.3, 0.4) is 0 Å². The minimum Gasteiger partial charge on any atom is -0.379 e. The molecule has 0 aliphatic carbocycles. The quantitative estimate of drug-likeness (QED) is 0.907. The largest absolute Gasteiger partial charge is 0.379 e. The fourth-order valence-electron chi connectivity index (χ4n) is 1.68. The Labute approximate surface area is 110 Å². The SMILES string of the molecule is O=S(=O)(c1ccc(NN2CCOCC2)cc1)C(F)F. The van der Waals surface area contributed by atoms with E-state index in [0.29, 0.717) is 32.0 Å². The number of sulfone groups is 1. The van der Waals surface area contributed by atoms with Crippen LogP contribution >= 0.6 is 0 Å². The smallest absolute Gasteiger partial charge is 0.341 e. The van der Waals surface area contributed by atoms with Crippen molar-refractivity contribution in [3.05, 3.63) is 24.3 Å². The molecule has 1 aliphatic heterocycles. The van der Waals surface area contributed by atoms with Crippen molar-refractivity contribution in [3.8, 4) is 0 Å². The summed E-state index contributed by atoms with van der Waals surface area (Å²) in [5.74, 6) is -3.40. The van der Waals surface area contributed by atoms with E-state index in [-0.39, 0.29) is 4.90 Å². The minimum atomic E-state index is -4.52. The Morgan fingerprint density at radius 2 is 1.74 bits per heavy atom. The number of ether oxygens (including phenoxy) is 1. The molecular weight excluding hydrogens is 278 g/mol. The lowest BCUT2D eigenvalue weighted by molar-refractivity contribution is 0.0497. The van der Waals surface area contributed by atoms with E-state index in [4.69, 9.17) is 4.74 Å². The Morgan fingerprint density at radius 3 is 2.26 bits per heavy atom. The predicted molar refractivity (Wildman–Crippen MR) is 65.6 cm³/mol.